The van der Waals surface area contributed by atoms with E-state index < -0.39 is 0 Å². The third-order valence-corrected chi connectivity index (χ3v) is 3.98. The summed E-state index contributed by atoms with van der Waals surface area (Å²) in [6.07, 6.45) is 3.06. The van der Waals surface area contributed by atoms with Gasteiger partial charge >= 0.3 is 0 Å². The van der Waals surface area contributed by atoms with Crippen LogP contribution in [0.3, 0.4) is 0 Å². The Balaban J connectivity index is 1.60. The van der Waals surface area contributed by atoms with E-state index in [1.54, 1.807) is 6.07 Å². The molecule has 1 unspecified atom stereocenters. The van der Waals surface area contributed by atoms with Gasteiger partial charge in [0.15, 0.2) is 5.82 Å². The minimum atomic E-state index is 0.303. The fourth-order valence-electron chi connectivity index (χ4n) is 2.88. The largest absolute Gasteiger partial charge is 0.382 e. The summed E-state index contributed by atoms with van der Waals surface area (Å²) in [6, 6.07) is 10.2. The van der Waals surface area contributed by atoms with Crippen molar-refractivity contribution >= 4 is 5.82 Å². The number of nitrogen functional groups attached to an aromatic ring is 1. The number of aryl methyl sites for hydroxylation is 1. The number of hydrogen-bond donors (Lipinski definition) is 2. The molecule has 6 heteroatoms. The molecule has 0 fully saturated rings. The van der Waals surface area contributed by atoms with Crippen LogP contribution in [0.15, 0.2) is 34.9 Å². The highest BCUT2D eigenvalue weighted by Gasteiger charge is 2.24. The number of hydrogen-bond acceptors (Lipinski definition) is 5. The molecule has 0 saturated heterocycles. The van der Waals surface area contributed by atoms with Crippen molar-refractivity contribution in [2.45, 2.75) is 25.2 Å². The molecule has 0 radical (unpaired) electrons. The van der Waals surface area contributed by atoms with E-state index >= 15 is 0 Å². The summed E-state index contributed by atoms with van der Waals surface area (Å²) in [5, 5.41) is 10.8. The first-order valence-electron chi connectivity index (χ1n) is 7.01. The van der Waals surface area contributed by atoms with Gasteiger partial charge in [0.25, 0.3) is 5.89 Å². The van der Waals surface area contributed by atoms with Gasteiger partial charge in [-0.05, 0) is 30.4 Å². The van der Waals surface area contributed by atoms with Crippen LogP contribution in [0.2, 0.25) is 0 Å². The van der Waals surface area contributed by atoms with Crippen molar-refractivity contribution in [3.05, 3.63) is 47.3 Å². The van der Waals surface area contributed by atoms with Crippen molar-refractivity contribution in [1.29, 1.82) is 0 Å². The number of aromatic nitrogens is 4. The van der Waals surface area contributed by atoms with Gasteiger partial charge in [-0.15, -0.1) is 0 Å². The van der Waals surface area contributed by atoms with Crippen molar-refractivity contribution in [1.82, 2.24) is 20.3 Å². The van der Waals surface area contributed by atoms with E-state index in [0.717, 1.165) is 25.1 Å². The van der Waals surface area contributed by atoms with Crippen LogP contribution in [0.4, 0.5) is 5.82 Å². The Hall–Kier alpha value is -2.63. The molecule has 1 aliphatic carbocycles. The SMILES string of the molecule is Nc1cc(-c2nc(C3CCc4ccccc4C3)no2)[nH]n1. The predicted molar refractivity (Wildman–Crippen MR) is 77.5 cm³/mol. The number of H-pyrrole nitrogens is 1. The lowest BCUT2D eigenvalue weighted by atomic mass is 9.83. The summed E-state index contributed by atoms with van der Waals surface area (Å²) < 4.78 is 5.32. The van der Waals surface area contributed by atoms with Gasteiger partial charge in [0.1, 0.15) is 11.5 Å². The molecule has 0 amide bonds. The molecule has 3 aromatic rings. The molecule has 0 spiro atoms. The van der Waals surface area contributed by atoms with Crippen LogP contribution in [0.5, 0.6) is 0 Å². The maximum Gasteiger partial charge on any atom is 0.276 e. The van der Waals surface area contributed by atoms with Crippen molar-refractivity contribution in [2.24, 2.45) is 0 Å². The lowest BCUT2D eigenvalue weighted by Gasteiger charge is -2.21. The van der Waals surface area contributed by atoms with Gasteiger partial charge in [-0.1, -0.05) is 29.4 Å². The van der Waals surface area contributed by atoms with E-state index in [9.17, 15) is 0 Å². The smallest absolute Gasteiger partial charge is 0.276 e. The molecular weight excluding hydrogens is 266 g/mol. The standard InChI is InChI=1S/C15H15N5O/c16-13-8-12(18-19-13)15-17-14(20-21-15)11-6-5-9-3-1-2-4-10(9)7-11/h1-4,8,11H,5-7H2,(H3,16,18,19). The van der Waals surface area contributed by atoms with Gasteiger partial charge in [-0.25, -0.2) is 0 Å². The third kappa shape index (κ3) is 2.18. The van der Waals surface area contributed by atoms with E-state index in [-0.39, 0.29) is 0 Å². The van der Waals surface area contributed by atoms with Crippen LogP contribution < -0.4 is 5.73 Å². The molecule has 0 saturated carbocycles. The van der Waals surface area contributed by atoms with Crippen LogP contribution in [-0.4, -0.2) is 20.3 Å². The fraction of sp³-hybridized carbons (Fsp3) is 0.267. The summed E-state index contributed by atoms with van der Waals surface area (Å²) in [6.45, 7) is 0. The molecule has 1 aromatic carbocycles. The summed E-state index contributed by atoms with van der Waals surface area (Å²) in [7, 11) is 0. The first kappa shape index (κ1) is 12.1. The van der Waals surface area contributed by atoms with E-state index in [1.165, 1.54) is 11.1 Å². The summed E-state index contributed by atoms with van der Waals surface area (Å²) in [4.78, 5) is 4.49. The number of aromatic amines is 1. The lowest BCUT2D eigenvalue weighted by molar-refractivity contribution is 0.409. The van der Waals surface area contributed by atoms with Crippen LogP contribution in [-0.2, 0) is 12.8 Å². The Morgan fingerprint density at radius 2 is 2.10 bits per heavy atom. The second-order valence-corrected chi connectivity index (χ2v) is 5.37. The average Bonchev–Trinajstić information content (AvgIpc) is 3.15. The predicted octanol–water partition coefficient (Wildman–Crippen LogP) is 2.31. The summed E-state index contributed by atoms with van der Waals surface area (Å²) in [5.41, 5.74) is 9.05. The number of nitrogens with zero attached hydrogens (tertiary/aromatic N) is 3. The molecule has 3 N–H and O–H groups in total. The molecule has 21 heavy (non-hydrogen) atoms. The Morgan fingerprint density at radius 3 is 2.90 bits per heavy atom. The molecular formula is C15H15N5O. The lowest BCUT2D eigenvalue weighted by Crippen LogP contribution is -2.13. The van der Waals surface area contributed by atoms with Crippen molar-refractivity contribution in [3.8, 4) is 11.6 Å². The number of rotatable bonds is 2. The minimum absolute atomic E-state index is 0.303. The second kappa shape index (κ2) is 4.73. The zero-order valence-electron chi connectivity index (χ0n) is 11.4. The molecule has 1 aliphatic rings. The number of nitrogens with one attached hydrogen (secondary N) is 1. The normalized spacial score (nSPS) is 17.6. The Morgan fingerprint density at radius 1 is 1.24 bits per heavy atom. The molecule has 2 heterocycles. The van der Waals surface area contributed by atoms with Gasteiger partial charge in [-0.3, -0.25) is 5.10 Å². The van der Waals surface area contributed by atoms with E-state index in [2.05, 4.69) is 44.6 Å². The quantitative estimate of drug-likeness (QED) is 0.751. The maximum absolute atomic E-state index is 5.59. The summed E-state index contributed by atoms with van der Waals surface area (Å²) in [5.74, 6) is 1.91. The zero-order chi connectivity index (χ0) is 14.2. The molecule has 0 bridgehead atoms. The highest BCUT2D eigenvalue weighted by atomic mass is 16.5. The van der Waals surface area contributed by atoms with Gasteiger partial charge in [0, 0.05) is 12.0 Å². The second-order valence-electron chi connectivity index (χ2n) is 5.37. The number of fused-ring (bicyclic) bond motifs is 1. The van der Waals surface area contributed by atoms with Gasteiger partial charge < -0.3 is 10.3 Å². The fourth-order valence-corrected chi connectivity index (χ4v) is 2.88. The van der Waals surface area contributed by atoms with Crippen LogP contribution >= 0.6 is 0 Å². The van der Waals surface area contributed by atoms with E-state index in [1.807, 2.05) is 0 Å². The van der Waals surface area contributed by atoms with Crippen LogP contribution in [0, 0.1) is 0 Å². The summed E-state index contributed by atoms with van der Waals surface area (Å²) >= 11 is 0. The highest BCUT2D eigenvalue weighted by molar-refractivity contribution is 5.51. The van der Waals surface area contributed by atoms with Gasteiger partial charge in [0.05, 0.1) is 0 Å². The Labute approximate surface area is 121 Å². The zero-order valence-corrected chi connectivity index (χ0v) is 11.4. The molecule has 1 atom stereocenters. The maximum atomic E-state index is 5.59. The highest BCUT2D eigenvalue weighted by Crippen LogP contribution is 2.32. The third-order valence-electron chi connectivity index (χ3n) is 3.98. The van der Waals surface area contributed by atoms with Gasteiger partial charge in [-0.2, -0.15) is 10.1 Å². The monoisotopic (exact) mass is 281 g/mol. The first-order valence-corrected chi connectivity index (χ1v) is 7.01. The minimum Gasteiger partial charge on any atom is -0.382 e. The Kier molecular flexibility index (Phi) is 2.73. The van der Waals surface area contributed by atoms with Crippen LogP contribution in [0.25, 0.3) is 11.6 Å². The van der Waals surface area contributed by atoms with Crippen molar-refractivity contribution < 1.29 is 4.52 Å². The first-order chi connectivity index (χ1) is 10.3. The number of nitrogens with two attached hydrogens (primary N) is 1. The number of anilines is 1. The van der Waals surface area contributed by atoms with Crippen molar-refractivity contribution in [3.63, 3.8) is 0 Å². The van der Waals surface area contributed by atoms with E-state index in [0.29, 0.717) is 23.3 Å². The van der Waals surface area contributed by atoms with Crippen molar-refractivity contribution in [2.75, 3.05) is 5.73 Å². The molecule has 2 aromatic heterocycles. The molecule has 6 nitrogen and oxygen atoms in total. The topological polar surface area (TPSA) is 93.6 Å². The van der Waals surface area contributed by atoms with Gasteiger partial charge in [0.2, 0.25) is 0 Å². The van der Waals surface area contributed by atoms with Crippen LogP contribution in [0.1, 0.15) is 29.3 Å². The van der Waals surface area contributed by atoms with E-state index in [4.69, 9.17) is 10.3 Å². The Bertz CT molecular complexity index is 776. The molecule has 4 rings (SSSR count). The number of benzene rings is 1. The molecule has 106 valence electrons. The molecule has 0 aliphatic heterocycles. The average molecular weight is 281 g/mol.